The first-order chi connectivity index (χ1) is 14.2. The third-order valence-corrected chi connectivity index (χ3v) is 6.78. The molecule has 0 radical (unpaired) electrons. The second kappa shape index (κ2) is 7.93. The molecule has 0 unspecified atom stereocenters. The van der Waals surface area contributed by atoms with E-state index >= 15 is 0 Å². The van der Waals surface area contributed by atoms with E-state index in [1.54, 1.807) is 0 Å². The molecule has 0 fully saturated rings. The SMILES string of the molecule is O=C(CSc1nc2ccccc2o1)Nc1ccc(N2CCc3sccc3C2)cc1. The number of fused-ring (bicyclic) bond motifs is 2. The predicted molar refractivity (Wildman–Crippen MR) is 119 cm³/mol. The Labute approximate surface area is 176 Å². The number of aromatic nitrogens is 1. The molecule has 5 rings (SSSR count). The van der Waals surface area contributed by atoms with Gasteiger partial charge in [0.25, 0.3) is 5.22 Å². The number of anilines is 2. The summed E-state index contributed by atoms with van der Waals surface area (Å²) in [4.78, 5) is 20.5. The van der Waals surface area contributed by atoms with Gasteiger partial charge in [-0.3, -0.25) is 4.79 Å². The van der Waals surface area contributed by atoms with Crippen LogP contribution in [0, 0.1) is 0 Å². The monoisotopic (exact) mass is 421 g/mol. The second-order valence-corrected chi connectivity index (χ2v) is 8.80. The quantitative estimate of drug-likeness (QED) is 0.450. The van der Waals surface area contributed by atoms with Crippen molar-refractivity contribution >= 4 is 51.5 Å². The minimum Gasteiger partial charge on any atom is -0.431 e. The van der Waals surface area contributed by atoms with Crippen molar-refractivity contribution < 1.29 is 9.21 Å². The molecule has 2 aromatic carbocycles. The molecule has 29 heavy (non-hydrogen) atoms. The summed E-state index contributed by atoms with van der Waals surface area (Å²) in [6.45, 7) is 1.98. The molecule has 0 bridgehead atoms. The largest absolute Gasteiger partial charge is 0.431 e. The number of rotatable bonds is 5. The number of nitrogens with zero attached hydrogens (tertiary/aromatic N) is 2. The van der Waals surface area contributed by atoms with Gasteiger partial charge in [-0.2, -0.15) is 0 Å². The number of oxazole rings is 1. The zero-order chi connectivity index (χ0) is 19.6. The molecular formula is C22H19N3O2S2. The van der Waals surface area contributed by atoms with Crippen LogP contribution in [-0.2, 0) is 17.8 Å². The molecule has 3 heterocycles. The van der Waals surface area contributed by atoms with Crippen LogP contribution >= 0.6 is 23.1 Å². The van der Waals surface area contributed by atoms with Gasteiger partial charge in [0.15, 0.2) is 5.58 Å². The Bertz CT molecular complexity index is 1120. The van der Waals surface area contributed by atoms with Gasteiger partial charge in [0, 0.05) is 29.3 Å². The number of benzene rings is 2. The summed E-state index contributed by atoms with van der Waals surface area (Å²) in [5.41, 5.74) is 4.94. The fourth-order valence-corrected chi connectivity index (χ4v) is 4.99. The van der Waals surface area contributed by atoms with Crippen molar-refractivity contribution in [3.8, 4) is 0 Å². The minimum atomic E-state index is -0.0779. The van der Waals surface area contributed by atoms with Crippen LogP contribution < -0.4 is 10.2 Å². The molecule has 7 heteroatoms. The molecule has 0 spiro atoms. The standard InChI is InChI=1S/C22H19N3O2S2/c26-21(14-29-22-24-18-3-1-2-4-19(18)27-22)23-16-5-7-17(8-6-16)25-11-9-20-15(13-25)10-12-28-20/h1-8,10,12H,9,11,13-14H2,(H,23,26). The molecule has 146 valence electrons. The smallest absolute Gasteiger partial charge is 0.257 e. The van der Waals surface area contributed by atoms with Crippen LogP contribution in [-0.4, -0.2) is 23.2 Å². The third-order valence-electron chi connectivity index (χ3n) is 4.92. The number of amides is 1. The van der Waals surface area contributed by atoms with Gasteiger partial charge in [-0.25, -0.2) is 4.98 Å². The molecule has 1 N–H and O–H groups in total. The molecule has 1 aliphatic rings. The van der Waals surface area contributed by atoms with Gasteiger partial charge >= 0.3 is 0 Å². The van der Waals surface area contributed by atoms with Crippen LogP contribution in [0.3, 0.4) is 0 Å². The zero-order valence-corrected chi connectivity index (χ0v) is 17.3. The highest BCUT2D eigenvalue weighted by molar-refractivity contribution is 7.99. The Balaban J connectivity index is 1.17. The lowest BCUT2D eigenvalue weighted by Gasteiger charge is -2.29. The van der Waals surface area contributed by atoms with Crippen LogP contribution in [0.5, 0.6) is 0 Å². The molecule has 1 aliphatic heterocycles. The van der Waals surface area contributed by atoms with Gasteiger partial charge in [-0.15, -0.1) is 11.3 Å². The molecule has 5 nitrogen and oxygen atoms in total. The van der Waals surface area contributed by atoms with Gasteiger partial charge in [0.2, 0.25) is 5.91 Å². The van der Waals surface area contributed by atoms with E-state index in [2.05, 4.69) is 38.8 Å². The summed E-state index contributed by atoms with van der Waals surface area (Å²) in [6, 6.07) is 17.9. The van der Waals surface area contributed by atoms with E-state index in [4.69, 9.17) is 4.42 Å². The lowest BCUT2D eigenvalue weighted by atomic mass is 10.1. The molecular weight excluding hydrogens is 402 g/mol. The lowest BCUT2D eigenvalue weighted by molar-refractivity contribution is -0.113. The third kappa shape index (κ3) is 4.02. The van der Waals surface area contributed by atoms with Crippen LogP contribution in [0.1, 0.15) is 10.4 Å². The lowest BCUT2D eigenvalue weighted by Crippen LogP contribution is -2.29. The van der Waals surface area contributed by atoms with Crippen LogP contribution in [0.4, 0.5) is 11.4 Å². The first-order valence-electron chi connectivity index (χ1n) is 9.43. The van der Waals surface area contributed by atoms with Crippen LogP contribution in [0.15, 0.2) is 69.6 Å². The number of carbonyl (C=O) groups is 1. The molecule has 4 aromatic rings. The molecule has 0 saturated carbocycles. The maximum atomic E-state index is 12.3. The fourth-order valence-electron chi connectivity index (χ4n) is 3.46. The Morgan fingerprint density at radius 2 is 2.03 bits per heavy atom. The molecule has 0 aliphatic carbocycles. The highest BCUT2D eigenvalue weighted by Gasteiger charge is 2.17. The molecule has 0 saturated heterocycles. The van der Waals surface area contributed by atoms with E-state index in [9.17, 15) is 4.79 Å². The summed E-state index contributed by atoms with van der Waals surface area (Å²) in [5.74, 6) is 0.174. The topological polar surface area (TPSA) is 58.4 Å². The highest BCUT2D eigenvalue weighted by Crippen LogP contribution is 2.28. The average molecular weight is 422 g/mol. The van der Waals surface area contributed by atoms with Crippen molar-refractivity contribution in [2.75, 3.05) is 22.5 Å². The summed E-state index contributed by atoms with van der Waals surface area (Å²) < 4.78 is 5.64. The van der Waals surface area contributed by atoms with E-state index in [0.29, 0.717) is 5.22 Å². The Hall–Kier alpha value is -2.77. The van der Waals surface area contributed by atoms with Crippen LogP contribution in [0.25, 0.3) is 11.1 Å². The Morgan fingerprint density at radius 1 is 1.17 bits per heavy atom. The van der Waals surface area contributed by atoms with Crippen LogP contribution in [0.2, 0.25) is 0 Å². The van der Waals surface area contributed by atoms with E-state index in [1.165, 1.54) is 27.9 Å². The first-order valence-corrected chi connectivity index (χ1v) is 11.3. The number of nitrogens with one attached hydrogen (secondary N) is 1. The number of para-hydroxylation sites is 2. The second-order valence-electron chi connectivity index (χ2n) is 6.87. The number of thiophene rings is 1. The maximum Gasteiger partial charge on any atom is 0.257 e. The van der Waals surface area contributed by atoms with Crippen molar-refractivity contribution in [1.82, 2.24) is 4.98 Å². The van der Waals surface area contributed by atoms with E-state index < -0.39 is 0 Å². The molecule has 2 aromatic heterocycles. The number of hydrogen-bond acceptors (Lipinski definition) is 6. The normalized spacial score (nSPS) is 13.4. The zero-order valence-electron chi connectivity index (χ0n) is 15.6. The summed E-state index contributed by atoms with van der Waals surface area (Å²) in [7, 11) is 0. The van der Waals surface area contributed by atoms with Gasteiger partial charge in [0.1, 0.15) is 5.52 Å². The summed E-state index contributed by atoms with van der Waals surface area (Å²) in [5, 5.41) is 5.62. The number of thioether (sulfide) groups is 1. The predicted octanol–water partition coefficient (Wildman–Crippen LogP) is 5.18. The van der Waals surface area contributed by atoms with Crippen molar-refractivity contribution in [1.29, 1.82) is 0 Å². The molecule has 0 atom stereocenters. The van der Waals surface area contributed by atoms with Crippen molar-refractivity contribution in [3.63, 3.8) is 0 Å². The summed E-state index contributed by atoms with van der Waals surface area (Å²) in [6.07, 6.45) is 1.10. The van der Waals surface area contributed by atoms with Gasteiger partial charge in [0.05, 0.1) is 5.75 Å². The Kier molecular flexibility index (Phi) is 4.99. The number of hydrogen-bond donors (Lipinski definition) is 1. The average Bonchev–Trinajstić information content (AvgIpc) is 3.38. The molecule has 1 amide bonds. The van der Waals surface area contributed by atoms with Gasteiger partial charge in [-0.05, 0) is 59.8 Å². The minimum absolute atomic E-state index is 0.0779. The fraction of sp³-hybridized carbons (Fsp3) is 0.182. The van der Waals surface area contributed by atoms with Gasteiger partial charge in [-0.1, -0.05) is 23.9 Å². The van der Waals surface area contributed by atoms with E-state index in [-0.39, 0.29) is 11.7 Å². The Morgan fingerprint density at radius 3 is 2.90 bits per heavy atom. The van der Waals surface area contributed by atoms with Crippen molar-refractivity contribution in [3.05, 3.63) is 70.4 Å². The van der Waals surface area contributed by atoms with Crippen molar-refractivity contribution in [2.24, 2.45) is 0 Å². The van der Waals surface area contributed by atoms with E-state index in [1.807, 2.05) is 47.7 Å². The summed E-state index contributed by atoms with van der Waals surface area (Å²) >= 11 is 3.15. The van der Waals surface area contributed by atoms with E-state index in [0.717, 1.165) is 36.3 Å². The number of carbonyl (C=O) groups excluding carboxylic acids is 1. The van der Waals surface area contributed by atoms with Crippen molar-refractivity contribution in [2.45, 2.75) is 18.2 Å². The van der Waals surface area contributed by atoms with Gasteiger partial charge < -0.3 is 14.6 Å². The highest BCUT2D eigenvalue weighted by atomic mass is 32.2. The first kappa shape index (κ1) is 18.3. The maximum absolute atomic E-state index is 12.3.